The smallest absolute Gasteiger partial charge is 0.306 e. The van der Waals surface area contributed by atoms with E-state index in [9.17, 15) is 18.4 Å². The summed E-state index contributed by atoms with van der Waals surface area (Å²) in [6, 6.07) is 11.4. The quantitative estimate of drug-likeness (QED) is 0.692. The van der Waals surface area contributed by atoms with E-state index in [4.69, 9.17) is 10.1 Å². The molecule has 0 aromatic heterocycles. The maximum absolute atomic E-state index is 13.8. The van der Waals surface area contributed by atoms with E-state index in [2.05, 4.69) is 4.90 Å². The van der Waals surface area contributed by atoms with Gasteiger partial charge in [0.2, 0.25) is 0 Å². The molecule has 0 unspecified atom stereocenters. The molecular formula is C25H27F2N3O3. The summed E-state index contributed by atoms with van der Waals surface area (Å²) in [5, 5.41) is 9.15. The van der Waals surface area contributed by atoms with Gasteiger partial charge in [-0.2, -0.15) is 0 Å². The zero-order valence-corrected chi connectivity index (χ0v) is 18.5. The molecule has 0 spiro atoms. The fourth-order valence-corrected chi connectivity index (χ4v) is 4.74. The molecule has 1 fully saturated rings. The van der Waals surface area contributed by atoms with Crippen molar-refractivity contribution in [3.8, 4) is 0 Å². The first kappa shape index (κ1) is 23.0. The summed E-state index contributed by atoms with van der Waals surface area (Å²) in [6.07, 6.45) is 1.98. The molecule has 0 radical (unpaired) electrons. The Hall–Kier alpha value is -3.13. The summed E-state index contributed by atoms with van der Waals surface area (Å²) in [6.45, 7) is 4.44. The predicted octanol–water partition coefficient (Wildman–Crippen LogP) is 3.66. The third-order valence-corrected chi connectivity index (χ3v) is 6.59. The minimum atomic E-state index is -1.38. The van der Waals surface area contributed by atoms with Gasteiger partial charge in [0.15, 0.2) is 5.54 Å². The Morgan fingerprint density at radius 3 is 2.00 bits per heavy atom. The normalized spacial score (nSPS) is 19.1. The average molecular weight is 456 g/mol. The van der Waals surface area contributed by atoms with Crippen LogP contribution in [-0.4, -0.2) is 58.8 Å². The maximum atomic E-state index is 13.8. The summed E-state index contributed by atoms with van der Waals surface area (Å²) in [4.78, 5) is 33.5. The van der Waals surface area contributed by atoms with Crippen LogP contribution < -0.4 is 0 Å². The lowest BCUT2D eigenvalue weighted by molar-refractivity contribution is -0.143. The van der Waals surface area contributed by atoms with Crippen LogP contribution in [0.15, 0.2) is 53.5 Å². The second kappa shape index (κ2) is 9.39. The van der Waals surface area contributed by atoms with Crippen LogP contribution in [0.1, 0.15) is 37.3 Å². The third-order valence-electron chi connectivity index (χ3n) is 6.59. The van der Waals surface area contributed by atoms with Gasteiger partial charge in [-0.25, -0.2) is 13.8 Å². The van der Waals surface area contributed by atoms with Crippen molar-refractivity contribution < 1.29 is 23.5 Å². The maximum Gasteiger partial charge on any atom is 0.306 e. The molecule has 1 N–H and O–H groups in total. The van der Waals surface area contributed by atoms with E-state index >= 15 is 0 Å². The number of aliphatic imine (C=N–C) groups is 1. The zero-order valence-electron chi connectivity index (χ0n) is 18.5. The van der Waals surface area contributed by atoms with Crippen molar-refractivity contribution in [2.45, 2.75) is 31.7 Å². The summed E-state index contributed by atoms with van der Waals surface area (Å²) in [7, 11) is 0. The Morgan fingerprint density at radius 1 is 1.00 bits per heavy atom. The van der Waals surface area contributed by atoms with Crippen LogP contribution in [-0.2, 0) is 15.1 Å². The number of amidine groups is 1. The molecule has 0 aliphatic carbocycles. The van der Waals surface area contributed by atoms with Gasteiger partial charge >= 0.3 is 5.97 Å². The van der Waals surface area contributed by atoms with Gasteiger partial charge in [0.25, 0.3) is 5.91 Å². The lowest BCUT2D eigenvalue weighted by Gasteiger charge is -2.31. The van der Waals surface area contributed by atoms with E-state index in [1.54, 1.807) is 36.1 Å². The van der Waals surface area contributed by atoms with Gasteiger partial charge in [-0.1, -0.05) is 24.3 Å². The SMILES string of the molecule is CC1=NC(c2ccc(F)cc2)(c2ccc(F)cc2)C(=O)N1CCCN1CCC(C(=O)O)CC1. The molecule has 1 saturated heterocycles. The van der Waals surface area contributed by atoms with Gasteiger partial charge in [-0.15, -0.1) is 0 Å². The number of hydrogen-bond donors (Lipinski definition) is 1. The molecule has 4 rings (SSSR count). The number of carbonyl (C=O) groups excluding carboxylic acids is 1. The topological polar surface area (TPSA) is 73.2 Å². The van der Waals surface area contributed by atoms with Crippen LogP contribution >= 0.6 is 0 Å². The Balaban J connectivity index is 1.51. The van der Waals surface area contributed by atoms with E-state index in [0.29, 0.717) is 42.8 Å². The standard InChI is InChI=1S/C25H27F2N3O3/c1-17-28-25(19-3-7-21(26)8-4-19,20-5-9-22(27)10-6-20)24(33)30(17)14-2-13-29-15-11-18(12-16-29)23(31)32/h3-10,18H,2,11-16H2,1H3,(H,31,32). The van der Waals surface area contributed by atoms with E-state index in [1.165, 1.54) is 24.3 Å². The number of carbonyl (C=O) groups is 2. The van der Waals surface area contributed by atoms with Crippen LogP contribution in [0.3, 0.4) is 0 Å². The molecule has 2 aromatic carbocycles. The molecule has 0 atom stereocenters. The van der Waals surface area contributed by atoms with Crippen LogP contribution in [0.2, 0.25) is 0 Å². The molecule has 0 bridgehead atoms. The van der Waals surface area contributed by atoms with Gasteiger partial charge in [0, 0.05) is 6.54 Å². The number of amides is 1. The fourth-order valence-electron chi connectivity index (χ4n) is 4.74. The molecule has 2 aliphatic rings. The minimum absolute atomic E-state index is 0.247. The van der Waals surface area contributed by atoms with Crippen molar-refractivity contribution in [2.24, 2.45) is 10.9 Å². The summed E-state index contributed by atoms with van der Waals surface area (Å²) in [5.74, 6) is -1.53. The molecule has 1 amide bonds. The Labute approximate surface area is 191 Å². The van der Waals surface area contributed by atoms with E-state index in [0.717, 1.165) is 19.6 Å². The number of rotatable bonds is 7. The Kier molecular flexibility index (Phi) is 6.56. The lowest BCUT2D eigenvalue weighted by Crippen LogP contribution is -2.43. The number of piperidine rings is 1. The average Bonchev–Trinajstić information content (AvgIpc) is 3.06. The Bertz CT molecular complexity index is 1000. The number of halogens is 2. The largest absolute Gasteiger partial charge is 0.481 e. The first-order valence-electron chi connectivity index (χ1n) is 11.2. The second-order valence-corrected chi connectivity index (χ2v) is 8.65. The van der Waals surface area contributed by atoms with Crippen LogP contribution in [0, 0.1) is 17.6 Å². The highest BCUT2D eigenvalue weighted by molar-refractivity contribution is 6.09. The van der Waals surface area contributed by atoms with Gasteiger partial charge in [0.1, 0.15) is 17.5 Å². The molecule has 8 heteroatoms. The molecule has 0 saturated carbocycles. The highest BCUT2D eigenvalue weighted by atomic mass is 19.1. The van der Waals surface area contributed by atoms with Gasteiger partial charge in [-0.3, -0.25) is 14.5 Å². The lowest BCUT2D eigenvalue weighted by atomic mass is 9.82. The number of carboxylic acid groups (broad SMARTS) is 1. The molecule has 2 aromatic rings. The highest BCUT2D eigenvalue weighted by Gasteiger charge is 2.49. The predicted molar refractivity (Wildman–Crippen MR) is 120 cm³/mol. The van der Waals surface area contributed by atoms with Crippen LogP contribution in [0.4, 0.5) is 8.78 Å². The number of nitrogens with zero attached hydrogens (tertiary/aromatic N) is 3. The molecular weight excluding hydrogens is 428 g/mol. The second-order valence-electron chi connectivity index (χ2n) is 8.65. The van der Waals surface area contributed by atoms with Crippen molar-refractivity contribution in [2.75, 3.05) is 26.2 Å². The highest BCUT2D eigenvalue weighted by Crippen LogP contribution is 2.40. The van der Waals surface area contributed by atoms with Crippen molar-refractivity contribution >= 4 is 17.7 Å². The summed E-state index contributed by atoms with van der Waals surface area (Å²) < 4.78 is 27.2. The van der Waals surface area contributed by atoms with Crippen molar-refractivity contribution in [3.05, 3.63) is 71.3 Å². The molecule has 2 aliphatic heterocycles. The summed E-state index contributed by atoms with van der Waals surface area (Å²) in [5.41, 5.74) is -0.332. The fraction of sp³-hybridized carbons (Fsp3) is 0.400. The van der Waals surface area contributed by atoms with Crippen molar-refractivity contribution in [3.63, 3.8) is 0 Å². The van der Waals surface area contributed by atoms with Crippen molar-refractivity contribution in [1.29, 1.82) is 0 Å². The molecule has 6 nitrogen and oxygen atoms in total. The Morgan fingerprint density at radius 2 is 1.52 bits per heavy atom. The van der Waals surface area contributed by atoms with Crippen LogP contribution in [0.25, 0.3) is 0 Å². The minimum Gasteiger partial charge on any atom is -0.481 e. The van der Waals surface area contributed by atoms with Gasteiger partial charge in [0.05, 0.1) is 5.92 Å². The monoisotopic (exact) mass is 455 g/mol. The zero-order chi connectivity index (χ0) is 23.6. The first-order valence-corrected chi connectivity index (χ1v) is 11.2. The number of benzene rings is 2. The third kappa shape index (κ3) is 4.53. The van der Waals surface area contributed by atoms with E-state index < -0.39 is 23.1 Å². The van der Waals surface area contributed by atoms with E-state index in [1.807, 2.05) is 0 Å². The number of carboxylic acids is 1. The molecule has 33 heavy (non-hydrogen) atoms. The number of aliphatic carboxylic acids is 1. The summed E-state index contributed by atoms with van der Waals surface area (Å²) >= 11 is 0. The molecule has 2 heterocycles. The van der Waals surface area contributed by atoms with Gasteiger partial charge in [-0.05, 0) is 81.2 Å². The van der Waals surface area contributed by atoms with E-state index in [-0.39, 0.29) is 11.8 Å². The number of hydrogen-bond acceptors (Lipinski definition) is 4. The number of likely N-dealkylation sites (tertiary alicyclic amines) is 1. The van der Waals surface area contributed by atoms with Gasteiger partial charge < -0.3 is 10.0 Å². The van der Waals surface area contributed by atoms with Crippen molar-refractivity contribution in [1.82, 2.24) is 9.80 Å². The molecule has 174 valence electrons. The van der Waals surface area contributed by atoms with Crippen LogP contribution in [0.5, 0.6) is 0 Å². The first-order chi connectivity index (χ1) is 15.8.